The second kappa shape index (κ2) is 8.97. The Morgan fingerprint density at radius 3 is 2.10 bits per heavy atom. The summed E-state index contributed by atoms with van der Waals surface area (Å²) in [7, 11) is 1.96. The van der Waals surface area contributed by atoms with Crippen LogP contribution in [0.5, 0.6) is 0 Å². The number of aryl methyl sites for hydroxylation is 1. The third kappa shape index (κ3) is 4.29. The predicted octanol–water partition coefficient (Wildman–Crippen LogP) is 4.55. The number of amides is 1. The smallest absolute Gasteiger partial charge is 0.221 e. The van der Waals surface area contributed by atoms with Gasteiger partial charge >= 0.3 is 0 Å². The average Bonchev–Trinajstić information content (AvgIpc) is 3.14. The predicted molar refractivity (Wildman–Crippen MR) is 120 cm³/mol. The Morgan fingerprint density at radius 2 is 1.47 bits per heavy atom. The van der Waals surface area contributed by atoms with Crippen molar-refractivity contribution >= 4 is 16.8 Å². The number of fused-ring (bicyclic) bond motifs is 1. The van der Waals surface area contributed by atoms with Crippen LogP contribution in [0.2, 0.25) is 0 Å². The minimum absolute atomic E-state index is 0.0258. The fourth-order valence-corrected chi connectivity index (χ4v) is 4.02. The van der Waals surface area contributed by atoms with Crippen molar-refractivity contribution in [3.63, 3.8) is 0 Å². The van der Waals surface area contributed by atoms with Gasteiger partial charge in [0.1, 0.15) is 0 Å². The summed E-state index contributed by atoms with van der Waals surface area (Å²) < 4.78 is 2.00. The van der Waals surface area contributed by atoms with E-state index < -0.39 is 6.10 Å². The zero-order valence-electron chi connectivity index (χ0n) is 17.0. The molecule has 4 rings (SSSR count). The second-order valence-electron chi connectivity index (χ2n) is 7.61. The van der Waals surface area contributed by atoms with Crippen molar-refractivity contribution in [2.75, 3.05) is 6.54 Å². The summed E-state index contributed by atoms with van der Waals surface area (Å²) in [5.74, 6) is -0.103. The van der Waals surface area contributed by atoms with E-state index in [0.29, 0.717) is 6.42 Å². The van der Waals surface area contributed by atoms with Gasteiger partial charge < -0.3 is 15.0 Å². The summed E-state index contributed by atoms with van der Waals surface area (Å²) in [6, 6.07) is 28.1. The highest BCUT2D eigenvalue weighted by molar-refractivity contribution is 5.84. The number of aliphatic hydroxyl groups excluding tert-OH is 1. The molecule has 152 valence electrons. The van der Waals surface area contributed by atoms with E-state index in [2.05, 4.69) is 29.6 Å². The molecule has 0 bridgehead atoms. The van der Waals surface area contributed by atoms with E-state index in [4.69, 9.17) is 0 Å². The van der Waals surface area contributed by atoms with Crippen molar-refractivity contribution in [2.24, 2.45) is 7.05 Å². The molecule has 0 saturated heterocycles. The number of nitrogens with zero attached hydrogens (tertiary/aromatic N) is 1. The Bertz CT molecular complexity index is 1080. The van der Waals surface area contributed by atoms with Gasteiger partial charge in [-0.3, -0.25) is 4.79 Å². The largest absolute Gasteiger partial charge is 0.386 e. The van der Waals surface area contributed by atoms with Crippen LogP contribution in [-0.4, -0.2) is 22.1 Å². The molecule has 0 aliphatic heterocycles. The number of rotatable bonds is 7. The molecule has 4 aromatic rings. The summed E-state index contributed by atoms with van der Waals surface area (Å²) in [6.45, 7) is 0.184. The van der Waals surface area contributed by atoms with Gasteiger partial charge in [0, 0.05) is 48.6 Å². The minimum Gasteiger partial charge on any atom is -0.386 e. The lowest BCUT2D eigenvalue weighted by Crippen LogP contribution is -2.29. The maximum Gasteiger partial charge on any atom is 0.221 e. The summed E-state index contributed by atoms with van der Waals surface area (Å²) in [5, 5.41) is 14.7. The standard InChI is InChI=1S/C26H26N2O2/c1-28-18-23(21-14-8-9-15-24(21)28)25(29)17-27-26(30)16-22(19-10-4-2-5-11-19)20-12-6-3-7-13-20/h2-15,18,22,25,29H,16-17H2,1H3,(H,27,30). The maximum atomic E-state index is 12.8. The van der Waals surface area contributed by atoms with Crippen LogP contribution >= 0.6 is 0 Å². The quantitative estimate of drug-likeness (QED) is 0.480. The Hall–Kier alpha value is -3.37. The fourth-order valence-electron chi connectivity index (χ4n) is 4.02. The molecule has 0 fully saturated rings. The van der Waals surface area contributed by atoms with Gasteiger partial charge in [-0.2, -0.15) is 0 Å². The van der Waals surface area contributed by atoms with Crippen molar-refractivity contribution in [2.45, 2.75) is 18.4 Å². The maximum absolute atomic E-state index is 12.8. The fraction of sp³-hybridized carbons (Fsp3) is 0.192. The van der Waals surface area contributed by atoms with E-state index >= 15 is 0 Å². The normalized spacial score (nSPS) is 12.2. The van der Waals surface area contributed by atoms with E-state index in [1.165, 1.54) is 0 Å². The summed E-state index contributed by atoms with van der Waals surface area (Å²) in [5.41, 5.74) is 4.10. The number of para-hydroxylation sites is 1. The van der Waals surface area contributed by atoms with Crippen LogP contribution in [0.4, 0.5) is 0 Å². The zero-order chi connectivity index (χ0) is 20.9. The molecule has 1 unspecified atom stereocenters. The molecule has 4 nitrogen and oxygen atoms in total. The van der Waals surface area contributed by atoms with Crippen LogP contribution < -0.4 is 5.32 Å². The lowest BCUT2D eigenvalue weighted by Gasteiger charge is -2.19. The number of benzene rings is 3. The van der Waals surface area contributed by atoms with Gasteiger partial charge in [0.2, 0.25) is 5.91 Å². The van der Waals surface area contributed by atoms with E-state index in [9.17, 15) is 9.90 Å². The van der Waals surface area contributed by atoms with Crippen molar-refractivity contribution in [3.8, 4) is 0 Å². The van der Waals surface area contributed by atoms with Gasteiger partial charge in [0.15, 0.2) is 0 Å². The van der Waals surface area contributed by atoms with Gasteiger partial charge in [-0.25, -0.2) is 0 Å². The summed E-state index contributed by atoms with van der Waals surface area (Å²) >= 11 is 0. The first-order valence-electron chi connectivity index (χ1n) is 10.2. The molecule has 1 aromatic heterocycles. The number of nitrogens with one attached hydrogen (secondary N) is 1. The number of carbonyl (C=O) groups is 1. The van der Waals surface area contributed by atoms with Crippen LogP contribution in [0.3, 0.4) is 0 Å². The molecule has 0 aliphatic carbocycles. The second-order valence-corrected chi connectivity index (χ2v) is 7.61. The highest BCUT2D eigenvalue weighted by Crippen LogP contribution is 2.28. The van der Waals surface area contributed by atoms with Gasteiger partial charge in [0.25, 0.3) is 0 Å². The molecular formula is C26H26N2O2. The first kappa shape index (κ1) is 19.9. The highest BCUT2D eigenvalue weighted by atomic mass is 16.3. The lowest BCUT2D eigenvalue weighted by molar-refractivity contribution is -0.121. The van der Waals surface area contributed by atoms with Crippen LogP contribution in [0.25, 0.3) is 10.9 Å². The Balaban J connectivity index is 1.46. The number of hydrogen-bond acceptors (Lipinski definition) is 2. The van der Waals surface area contributed by atoms with E-state index in [1.807, 2.05) is 78.5 Å². The third-order valence-corrected chi connectivity index (χ3v) is 5.57. The molecule has 2 N–H and O–H groups in total. The summed E-state index contributed by atoms with van der Waals surface area (Å²) in [4.78, 5) is 12.8. The van der Waals surface area contributed by atoms with Crippen LogP contribution in [-0.2, 0) is 11.8 Å². The van der Waals surface area contributed by atoms with Crippen molar-refractivity contribution in [1.29, 1.82) is 0 Å². The molecule has 1 atom stereocenters. The van der Waals surface area contributed by atoms with E-state index in [1.54, 1.807) is 0 Å². The number of aliphatic hydroxyl groups is 1. The molecule has 3 aromatic carbocycles. The van der Waals surface area contributed by atoms with Crippen LogP contribution in [0.1, 0.15) is 35.1 Å². The molecular weight excluding hydrogens is 372 g/mol. The number of aromatic nitrogens is 1. The van der Waals surface area contributed by atoms with Gasteiger partial charge in [-0.05, 0) is 17.2 Å². The summed E-state index contributed by atoms with van der Waals surface area (Å²) in [6.07, 6.45) is 1.50. The molecule has 0 radical (unpaired) electrons. The van der Waals surface area contributed by atoms with Crippen molar-refractivity contribution in [1.82, 2.24) is 9.88 Å². The van der Waals surface area contributed by atoms with Crippen molar-refractivity contribution < 1.29 is 9.90 Å². The lowest BCUT2D eigenvalue weighted by atomic mass is 9.88. The minimum atomic E-state index is -0.757. The molecule has 1 heterocycles. The van der Waals surface area contributed by atoms with E-state index in [-0.39, 0.29) is 18.4 Å². The SMILES string of the molecule is Cn1cc(C(O)CNC(=O)CC(c2ccccc2)c2ccccc2)c2ccccc21. The van der Waals surface area contributed by atoms with Gasteiger partial charge in [0.05, 0.1) is 6.10 Å². The van der Waals surface area contributed by atoms with E-state index in [0.717, 1.165) is 27.6 Å². The third-order valence-electron chi connectivity index (χ3n) is 5.57. The van der Waals surface area contributed by atoms with Gasteiger partial charge in [-0.15, -0.1) is 0 Å². The van der Waals surface area contributed by atoms with Gasteiger partial charge in [-0.1, -0.05) is 78.9 Å². The first-order valence-corrected chi connectivity index (χ1v) is 10.2. The average molecular weight is 399 g/mol. The highest BCUT2D eigenvalue weighted by Gasteiger charge is 2.20. The number of carbonyl (C=O) groups excluding carboxylic acids is 1. The Labute approximate surface area is 176 Å². The molecule has 0 aliphatic rings. The number of hydrogen-bond donors (Lipinski definition) is 2. The van der Waals surface area contributed by atoms with Crippen LogP contribution in [0.15, 0.2) is 91.1 Å². The van der Waals surface area contributed by atoms with Crippen LogP contribution in [0, 0.1) is 0 Å². The molecule has 0 spiro atoms. The Kier molecular flexibility index (Phi) is 5.96. The molecule has 30 heavy (non-hydrogen) atoms. The molecule has 4 heteroatoms. The molecule has 1 amide bonds. The Morgan fingerprint density at radius 1 is 0.900 bits per heavy atom. The monoisotopic (exact) mass is 398 g/mol. The first-order chi connectivity index (χ1) is 14.6. The van der Waals surface area contributed by atoms with Crippen molar-refractivity contribution in [3.05, 3.63) is 108 Å². The zero-order valence-corrected chi connectivity index (χ0v) is 17.0. The molecule has 0 saturated carbocycles. The topological polar surface area (TPSA) is 54.3 Å².